The van der Waals surface area contributed by atoms with Crippen molar-refractivity contribution in [3.8, 4) is 0 Å². The molecule has 1 aliphatic rings. The monoisotopic (exact) mass is 187 g/mol. The van der Waals surface area contributed by atoms with Gasteiger partial charge in [0.1, 0.15) is 6.73 Å². The smallest absolute Gasteiger partial charge is 0.224 e. The Labute approximate surface area is 78.3 Å². The largest absolute Gasteiger partial charge is 0.396 e. The molecule has 1 fully saturated rings. The van der Waals surface area contributed by atoms with Crippen LogP contribution >= 0.6 is 0 Å². The highest BCUT2D eigenvalue weighted by Crippen LogP contribution is 2.35. The van der Waals surface area contributed by atoms with Gasteiger partial charge in [-0.25, -0.2) is 0 Å². The van der Waals surface area contributed by atoms with Crippen molar-refractivity contribution in [1.82, 2.24) is 5.32 Å². The minimum atomic E-state index is 0.0797. The van der Waals surface area contributed by atoms with Crippen LogP contribution in [0.25, 0.3) is 0 Å². The van der Waals surface area contributed by atoms with Crippen LogP contribution in [-0.2, 0) is 9.53 Å². The Bertz CT molecular complexity index is 166. The molecule has 1 rings (SSSR count). The maximum atomic E-state index is 11.3. The first-order valence-corrected chi connectivity index (χ1v) is 4.65. The number of carbonyl (C=O) groups is 1. The number of ether oxygens (including phenoxy) is 1. The molecular weight excluding hydrogens is 170 g/mol. The lowest BCUT2D eigenvalue weighted by Crippen LogP contribution is -2.39. The van der Waals surface area contributed by atoms with E-state index in [-0.39, 0.29) is 18.4 Å². The van der Waals surface area contributed by atoms with Crippen LogP contribution < -0.4 is 5.32 Å². The third-order valence-electron chi connectivity index (χ3n) is 2.53. The Morgan fingerprint density at radius 1 is 1.62 bits per heavy atom. The van der Waals surface area contributed by atoms with Gasteiger partial charge < -0.3 is 15.2 Å². The van der Waals surface area contributed by atoms with Gasteiger partial charge in [-0.1, -0.05) is 0 Å². The van der Waals surface area contributed by atoms with Crippen molar-refractivity contribution in [2.45, 2.75) is 19.3 Å². The molecule has 0 heterocycles. The van der Waals surface area contributed by atoms with E-state index < -0.39 is 0 Å². The molecule has 0 aliphatic heterocycles. The fraction of sp³-hybridized carbons (Fsp3) is 0.889. The van der Waals surface area contributed by atoms with Crippen LogP contribution in [0.5, 0.6) is 0 Å². The Balaban J connectivity index is 2.08. The highest BCUT2D eigenvalue weighted by Gasteiger charge is 2.33. The van der Waals surface area contributed by atoms with Gasteiger partial charge in [0.2, 0.25) is 5.91 Å². The molecule has 0 aromatic rings. The molecule has 0 radical (unpaired) electrons. The van der Waals surface area contributed by atoms with Crippen LogP contribution in [0, 0.1) is 11.8 Å². The minimum Gasteiger partial charge on any atom is -0.396 e. The third-order valence-corrected chi connectivity index (χ3v) is 2.53. The predicted octanol–water partition coefficient (Wildman–Crippen LogP) is 0.115. The number of methoxy groups -OCH3 is 1. The van der Waals surface area contributed by atoms with Crippen molar-refractivity contribution in [2.24, 2.45) is 11.8 Å². The predicted molar refractivity (Wildman–Crippen MR) is 47.9 cm³/mol. The summed E-state index contributed by atoms with van der Waals surface area (Å²) in [5.74, 6) is 0.769. The van der Waals surface area contributed by atoms with Gasteiger partial charge in [-0.2, -0.15) is 0 Å². The van der Waals surface area contributed by atoms with E-state index in [9.17, 15) is 4.79 Å². The number of aliphatic hydroxyl groups excluding tert-OH is 1. The van der Waals surface area contributed by atoms with E-state index in [1.54, 1.807) is 7.11 Å². The van der Waals surface area contributed by atoms with Crippen molar-refractivity contribution >= 4 is 5.91 Å². The maximum absolute atomic E-state index is 11.3. The number of amides is 1. The molecule has 0 unspecified atom stereocenters. The van der Waals surface area contributed by atoms with Gasteiger partial charge >= 0.3 is 0 Å². The molecule has 4 nitrogen and oxygen atoms in total. The Kier molecular flexibility index (Phi) is 4.18. The van der Waals surface area contributed by atoms with E-state index in [2.05, 4.69) is 5.32 Å². The summed E-state index contributed by atoms with van der Waals surface area (Å²) in [5, 5.41) is 11.3. The number of hydrogen-bond donors (Lipinski definition) is 2. The summed E-state index contributed by atoms with van der Waals surface area (Å²) >= 11 is 0. The number of carbonyl (C=O) groups excluding carboxylic acids is 1. The topological polar surface area (TPSA) is 58.6 Å². The lowest BCUT2D eigenvalue weighted by Gasteiger charge is -2.33. The first kappa shape index (κ1) is 10.5. The van der Waals surface area contributed by atoms with Crippen LogP contribution in [0.3, 0.4) is 0 Å². The average Bonchev–Trinajstić information content (AvgIpc) is 2.06. The lowest BCUT2D eigenvalue weighted by molar-refractivity contribution is -0.130. The fourth-order valence-corrected chi connectivity index (χ4v) is 1.66. The SMILES string of the molecule is COCNC(=O)[C@H]1C[C@@H](CCO)C1. The second-order valence-electron chi connectivity index (χ2n) is 3.52. The number of nitrogens with one attached hydrogen (secondary N) is 1. The van der Waals surface area contributed by atoms with Crippen molar-refractivity contribution in [1.29, 1.82) is 0 Å². The Morgan fingerprint density at radius 2 is 2.31 bits per heavy atom. The number of rotatable bonds is 5. The molecule has 76 valence electrons. The summed E-state index contributed by atoms with van der Waals surface area (Å²) in [6.07, 6.45) is 2.65. The maximum Gasteiger partial charge on any atom is 0.224 e. The zero-order valence-electron chi connectivity index (χ0n) is 7.95. The highest BCUT2D eigenvalue weighted by atomic mass is 16.5. The van der Waals surface area contributed by atoms with E-state index in [0.29, 0.717) is 12.6 Å². The summed E-state index contributed by atoms with van der Waals surface area (Å²) in [5.41, 5.74) is 0. The molecule has 1 aliphatic carbocycles. The van der Waals surface area contributed by atoms with Crippen molar-refractivity contribution < 1.29 is 14.6 Å². The lowest BCUT2D eigenvalue weighted by atomic mass is 9.73. The van der Waals surface area contributed by atoms with Gasteiger partial charge in [0.05, 0.1) is 0 Å². The van der Waals surface area contributed by atoms with Crippen LogP contribution in [0.2, 0.25) is 0 Å². The minimum absolute atomic E-state index is 0.0797. The molecule has 0 spiro atoms. The number of hydrogen-bond acceptors (Lipinski definition) is 3. The van der Waals surface area contributed by atoms with Gasteiger partial charge in [0, 0.05) is 19.6 Å². The fourth-order valence-electron chi connectivity index (χ4n) is 1.66. The molecule has 1 saturated carbocycles. The summed E-state index contributed by atoms with van der Waals surface area (Å²) < 4.78 is 4.73. The molecule has 4 heteroatoms. The van der Waals surface area contributed by atoms with E-state index in [0.717, 1.165) is 19.3 Å². The van der Waals surface area contributed by atoms with Gasteiger partial charge in [-0.15, -0.1) is 0 Å². The van der Waals surface area contributed by atoms with E-state index >= 15 is 0 Å². The molecule has 13 heavy (non-hydrogen) atoms. The second kappa shape index (κ2) is 5.19. The molecule has 0 atom stereocenters. The number of aliphatic hydroxyl groups is 1. The molecule has 0 aromatic carbocycles. The normalized spacial score (nSPS) is 26.6. The molecule has 0 aromatic heterocycles. The third kappa shape index (κ3) is 2.97. The van der Waals surface area contributed by atoms with E-state index in [1.165, 1.54) is 0 Å². The summed E-state index contributed by atoms with van der Waals surface area (Å²) in [6, 6.07) is 0. The highest BCUT2D eigenvalue weighted by molar-refractivity contribution is 5.79. The molecule has 0 saturated heterocycles. The standard InChI is InChI=1S/C9H17NO3/c1-13-6-10-9(12)8-4-7(5-8)2-3-11/h7-8,11H,2-6H2,1H3,(H,10,12)/t7-,8+. The summed E-state index contributed by atoms with van der Waals surface area (Å²) in [4.78, 5) is 11.3. The van der Waals surface area contributed by atoms with Gasteiger partial charge in [-0.3, -0.25) is 4.79 Å². The van der Waals surface area contributed by atoms with Crippen LogP contribution in [0.1, 0.15) is 19.3 Å². The Hall–Kier alpha value is -0.610. The zero-order valence-corrected chi connectivity index (χ0v) is 7.95. The van der Waals surface area contributed by atoms with Crippen LogP contribution in [0.4, 0.5) is 0 Å². The Morgan fingerprint density at radius 3 is 2.85 bits per heavy atom. The van der Waals surface area contributed by atoms with E-state index in [1.807, 2.05) is 0 Å². The quantitative estimate of drug-likeness (QED) is 0.601. The van der Waals surface area contributed by atoms with Gasteiger partial charge in [0.25, 0.3) is 0 Å². The summed E-state index contributed by atoms with van der Waals surface area (Å²) in [7, 11) is 1.55. The van der Waals surface area contributed by atoms with Crippen LogP contribution in [0.15, 0.2) is 0 Å². The first-order chi connectivity index (χ1) is 6.27. The summed E-state index contributed by atoms with van der Waals surface area (Å²) in [6.45, 7) is 0.525. The molecule has 1 amide bonds. The van der Waals surface area contributed by atoms with Crippen LogP contribution in [-0.4, -0.2) is 31.5 Å². The van der Waals surface area contributed by atoms with Gasteiger partial charge in [-0.05, 0) is 25.2 Å². The average molecular weight is 187 g/mol. The van der Waals surface area contributed by atoms with Crippen molar-refractivity contribution in [3.05, 3.63) is 0 Å². The van der Waals surface area contributed by atoms with E-state index in [4.69, 9.17) is 9.84 Å². The molecule has 0 bridgehead atoms. The van der Waals surface area contributed by atoms with Crippen molar-refractivity contribution in [2.75, 3.05) is 20.4 Å². The zero-order chi connectivity index (χ0) is 9.68. The molecule has 2 N–H and O–H groups in total. The second-order valence-corrected chi connectivity index (χ2v) is 3.52. The first-order valence-electron chi connectivity index (χ1n) is 4.65. The molecular formula is C9H17NO3. The van der Waals surface area contributed by atoms with Gasteiger partial charge in [0.15, 0.2) is 0 Å². The van der Waals surface area contributed by atoms with Crippen molar-refractivity contribution in [3.63, 3.8) is 0 Å².